The van der Waals surface area contributed by atoms with Crippen molar-refractivity contribution < 1.29 is 0 Å². The summed E-state index contributed by atoms with van der Waals surface area (Å²) < 4.78 is 2.01. The van der Waals surface area contributed by atoms with Crippen molar-refractivity contribution >= 4 is 5.82 Å². The van der Waals surface area contributed by atoms with Crippen LogP contribution in [0.2, 0.25) is 0 Å². The summed E-state index contributed by atoms with van der Waals surface area (Å²) in [5.41, 5.74) is 7.17. The maximum Gasteiger partial charge on any atom is 0.121 e. The van der Waals surface area contributed by atoms with E-state index in [1.807, 2.05) is 4.68 Å². The summed E-state index contributed by atoms with van der Waals surface area (Å²) >= 11 is 0. The molecule has 0 aliphatic heterocycles. The molecule has 1 heterocycles. The van der Waals surface area contributed by atoms with Crippen molar-refractivity contribution in [3.8, 4) is 0 Å². The Morgan fingerprint density at radius 2 is 2.14 bits per heavy atom. The molecular weight excluding hydrogens is 174 g/mol. The van der Waals surface area contributed by atoms with Crippen LogP contribution in [0.4, 0.5) is 5.82 Å². The zero-order valence-corrected chi connectivity index (χ0v) is 8.45. The van der Waals surface area contributed by atoms with E-state index < -0.39 is 0 Å². The number of nitrogens with zero attached hydrogens (tertiary/aromatic N) is 2. The quantitative estimate of drug-likeness (QED) is 0.795. The van der Waals surface area contributed by atoms with Gasteiger partial charge in [-0.3, -0.25) is 0 Å². The number of anilines is 1. The number of nitrogens with two attached hydrogens (primary N) is 1. The maximum absolute atomic E-state index is 5.93. The summed E-state index contributed by atoms with van der Waals surface area (Å²) in [5, 5.41) is 4.60. The first-order valence-electron chi connectivity index (χ1n) is 5.66. The van der Waals surface area contributed by atoms with E-state index in [0.29, 0.717) is 5.92 Å². The van der Waals surface area contributed by atoms with Gasteiger partial charge >= 0.3 is 0 Å². The fourth-order valence-electron chi connectivity index (χ4n) is 2.05. The third-order valence-corrected chi connectivity index (χ3v) is 3.48. The van der Waals surface area contributed by atoms with Gasteiger partial charge in [0, 0.05) is 18.5 Å². The molecule has 2 N–H and O–H groups in total. The van der Waals surface area contributed by atoms with Crippen molar-refractivity contribution in [3.05, 3.63) is 11.8 Å². The fraction of sp³-hybridized carbons (Fsp3) is 0.727. The molecule has 0 atom stereocenters. The van der Waals surface area contributed by atoms with Crippen molar-refractivity contribution in [2.45, 2.75) is 44.6 Å². The molecule has 1 aromatic heterocycles. The third-order valence-electron chi connectivity index (χ3n) is 3.48. The SMILES string of the molecule is Nc1cc(C2CCC2)nn1CC1CC1. The highest BCUT2D eigenvalue weighted by atomic mass is 15.3. The summed E-state index contributed by atoms with van der Waals surface area (Å²) in [7, 11) is 0. The van der Waals surface area contributed by atoms with Gasteiger partial charge in [0.05, 0.1) is 5.69 Å². The number of hydrogen-bond acceptors (Lipinski definition) is 2. The molecule has 0 spiro atoms. The Morgan fingerprint density at radius 3 is 2.71 bits per heavy atom. The molecule has 3 nitrogen and oxygen atoms in total. The van der Waals surface area contributed by atoms with Gasteiger partial charge in [0.15, 0.2) is 0 Å². The van der Waals surface area contributed by atoms with E-state index in [0.717, 1.165) is 18.3 Å². The number of aromatic nitrogens is 2. The lowest BCUT2D eigenvalue weighted by Gasteiger charge is -2.22. The van der Waals surface area contributed by atoms with Crippen molar-refractivity contribution in [2.75, 3.05) is 5.73 Å². The molecule has 0 radical (unpaired) electrons. The highest BCUT2D eigenvalue weighted by molar-refractivity contribution is 5.33. The monoisotopic (exact) mass is 191 g/mol. The second-order valence-electron chi connectivity index (χ2n) is 4.75. The maximum atomic E-state index is 5.93. The Bertz CT molecular complexity index is 334. The van der Waals surface area contributed by atoms with Crippen LogP contribution in [0.15, 0.2) is 6.07 Å². The molecule has 2 fully saturated rings. The average Bonchev–Trinajstić information content (AvgIpc) is 2.77. The van der Waals surface area contributed by atoms with Gasteiger partial charge in [0.2, 0.25) is 0 Å². The van der Waals surface area contributed by atoms with Crippen LogP contribution >= 0.6 is 0 Å². The van der Waals surface area contributed by atoms with Crippen molar-refractivity contribution in [1.29, 1.82) is 0 Å². The zero-order chi connectivity index (χ0) is 9.54. The second-order valence-corrected chi connectivity index (χ2v) is 4.75. The minimum absolute atomic E-state index is 0.706. The van der Waals surface area contributed by atoms with Crippen molar-refractivity contribution in [1.82, 2.24) is 9.78 Å². The molecule has 0 aromatic carbocycles. The van der Waals surface area contributed by atoms with Crippen LogP contribution < -0.4 is 5.73 Å². The molecule has 14 heavy (non-hydrogen) atoms. The Kier molecular flexibility index (Phi) is 1.79. The van der Waals surface area contributed by atoms with Gasteiger partial charge < -0.3 is 5.73 Å². The van der Waals surface area contributed by atoms with E-state index in [-0.39, 0.29) is 0 Å². The van der Waals surface area contributed by atoms with Crippen LogP contribution in [-0.2, 0) is 6.54 Å². The van der Waals surface area contributed by atoms with Crippen molar-refractivity contribution in [3.63, 3.8) is 0 Å². The zero-order valence-electron chi connectivity index (χ0n) is 8.45. The summed E-state index contributed by atoms with van der Waals surface area (Å²) in [4.78, 5) is 0. The van der Waals surface area contributed by atoms with Gasteiger partial charge in [-0.2, -0.15) is 5.10 Å². The largest absolute Gasteiger partial charge is 0.384 e. The summed E-state index contributed by atoms with van der Waals surface area (Å²) in [6.45, 7) is 1.04. The van der Waals surface area contributed by atoms with E-state index in [9.17, 15) is 0 Å². The van der Waals surface area contributed by atoms with Crippen LogP contribution in [0.25, 0.3) is 0 Å². The first-order chi connectivity index (χ1) is 6.83. The van der Waals surface area contributed by atoms with Crippen molar-refractivity contribution in [2.24, 2.45) is 5.92 Å². The Balaban J connectivity index is 1.77. The highest BCUT2D eigenvalue weighted by Crippen LogP contribution is 2.37. The first-order valence-corrected chi connectivity index (χ1v) is 5.66. The summed E-state index contributed by atoms with van der Waals surface area (Å²) in [6.07, 6.45) is 6.69. The van der Waals surface area contributed by atoms with E-state index in [1.54, 1.807) is 0 Å². The van der Waals surface area contributed by atoms with E-state index in [4.69, 9.17) is 5.73 Å². The van der Waals surface area contributed by atoms with Gasteiger partial charge in [-0.15, -0.1) is 0 Å². The van der Waals surface area contributed by atoms with E-state index >= 15 is 0 Å². The lowest BCUT2D eigenvalue weighted by atomic mass is 9.83. The third kappa shape index (κ3) is 1.41. The first kappa shape index (κ1) is 8.33. The highest BCUT2D eigenvalue weighted by Gasteiger charge is 2.26. The fourth-order valence-corrected chi connectivity index (χ4v) is 2.05. The summed E-state index contributed by atoms with van der Waals surface area (Å²) in [5.74, 6) is 2.42. The van der Waals surface area contributed by atoms with Gasteiger partial charge in [-0.1, -0.05) is 6.42 Å². The van der Waals surface area contributed by atoms with Crippen LogP contribution in [0.3, 0.4) is 0 Å². The van der Waals surface area contributed by atoms with E-state index in [1.165, 1.54) is 37.8 Å². The molecule has 2 saturated carbocycles. The van der Waals surface area contributed by atoms with Gasteiger partial charge in [-0.05, 0) is 31.6 Å². The molecule has 3 rings (SSSR count). The molecule has 2 aliphatic rings. The smallest absolute Gasteiger partial charge is 0.121 e. The number of hydrogen-bond donors (Lipinski definition) is 1. The number of nitrogen functional groups attached to an aromatic ring is 1. The molecule has 1 aromatic rings. The Hall–Kier alpha value is -0.990. The predicted molar refractivity (Wildman–Crippen MR) is 56.0 cm³/mol. The van der Waals surface area contributed by atoms with Crippen LogP contribution in [0, 0.1) is 5.92 Å². The molecule has 76 valence electrons. The lowest BCUT2D eigenvalue weighted by Crippen LogP contribution is -2.11. The van der Waals surface area contributed by atoms with Gasteiger partial charge in [-0.25, -0.2) is 4.68 Å². The lowest BCUT2D eigenvalue weighted by molar-refractivity contribution is 0.404. The number of rotatable bonds is 3. The molecule has 3 heteroatoms. The molecule has 0 unspecified atom stereocenters. The molecule has 0 amide bonds. The topological polar surface area (TPSA) is 43.8 Å². The van der Waals surface area contributed by atoms with Gasteiger partial charge in [0.1, 0.15) is 5.82 Å². The molecule has 0 bridgehead atoms. The molecular formula is C11H17N3. The van der Waals surface area contributed by atoms with Gasteiger partial charge in [0.25, 0.3) is 0 Å². The predicted octanol–water partition coefficient (Wildman–Crippen LogP) is 2.14. The standard InChI is InChI=1S/C11H17N3/c12-11-6-10(9-2-1-3-9)13-14(11)7-8-4-5-8/h6,8-9H,1-5,7,12H2. The van der Waals surface area contributed by atoms with Crippen LogP contribution in [0.5, 0.6) is 0 Å². The molecule has 0 saturated heterocycles. The Labute approximate surface area is 84.3 Å². The van der Waals surface area contributed by atoms with Crippen LogP contribution in [0.1, 0.15) is 43.7 Å². The average molecular weight is 191 g/mol. The molecule has 2 aliphatic carbocycles. The Morgan fingerprint density at radius 1 is 1.36 bits per heavy atom. The summed E-state index contributed by atoms with van der Waals surface area (Å²) in [6, 6.07) is 2.08. The van der Waals surface area contributed by atoms with Crippen LogP contribution in [-0.4, -0.2) is 9.78 Å². The minimum Gasteiger partial charge on any atom is -0.384 e. The minimum atomic E-state index is 0.706. The second kappa shape index (κ2) is 3.01. The van der Waals surface area contributed by atoms with E-state index in [2.05, 4.69) is 11.2 Å². The normalized spacial score (nSPS) is 22.3.